The van der Waals surface area contributed by atoms with Gasteiger partial charge in [0.15, 0.2) is 0 Å². The van der Waals surface area contributed by atoms with Crippen LogP contribution in [0.25, 0.3) is 0 Å². The van der Waals surface area contributed by atoms with Gasteiger partial charge in [-0.2, -0.15) is 0 Å². The van der Waals surface area contributed by atoms with Gasteiger partial charge in [-0.25, -0.2) is 13.4 Å². The van der Waals surface area contributed by atoms with Crippen LogP contribution in [0.4, 0.5) is 0 Å². The van der Waals surface area contributed by atoms with Crippen LogP contribution in [0.15, 0.2) is 69.4 Å². The highest BCUT2D eigenvalue weighted by Gasteiger charge is 2.25. The van der Waals surface area contributed by atoms with E-state index in [0.717, 1.165) is 22.6 Å². The Balaban J connectivity index is 1.98. The van der Waals surface area contributed by atoms with Crippen LogP contribution in [0.2, 0.25) is 0 Å². The fraction of sp³-hybridized carbons (Fsp3) is 0.227. The predicted molar refractivity (Wildman–Crippen MR) is 113 cm³/mol. The molecule has 6 heteroatoms. The Kier molecular flexibility index (Phi) is 6.10. The van der Waals surface area contributed by atoms with Crippen LogP contribution in [0.3, 0.4) is 0 Å². The van der Waals surface area contributed by atoms with Gasteiger partial charge in [-0.1, -0.05) is 29.8 Å². The van der Waals surface area contributed by atoms with E-state index in [1.807, 2.05) is 63.2 Å². The molecule has 2 aromatic carbocycles. The first-order chi connectivity index (χ1) is 13.3. The van der Waals surface area contributed by atoms with Gasteiger partial charge in [0.25, 0.3) is 0 Å². The number of benzene rings is 2. The number of ether oxygens (including phenoxy) is 1. The molecule has 0 spiro atoms. The van der Waals surface area contributed by atoms with Crippen molar-refractivity contribution in [1.29, 1.82) is 0 Å². The molecule has 1 aromatic heterocycles. The van der Waals surface area contributed by atoms with E-state index in [-0.39, 0.29) is 4.90 Å². The maximum Gasteiger partial charge on any atom is 0.209 e. The Bertz CT molecular complexity index is 1070. The normalized spacial score (nSPS) is 11.4. The summed E-state index contributed by atoms with van der Waals surface area (Å²) in [6, 6.07) is 16.5. The summed E-state index contributed by atoms with van der Waals surface area (Å²) in [6.45, 7) is 5.64. The lowest BCUT2D eigenvalue weighted by Crippen LogP contribution is -2.08. The van der Waals surface area contributed by atoms with Gasteiger partial charge in [-0.15, -0.1) is 11.8 Å². The van der Waals surface area contributed by atoms with Crippen LogP contribution in [-0.2, 0) is 15.6 Å². The molecule has 28 heavy (non-hydrogen) atoms. The lowest BCUT2D eigenvalue weighted by molar-refractivity contribution is 0.414. The second-order valence-corrected chi connectivity index (χ2v) is 9.52. The maximum atomic E-state index is 13.3. The molecule has 0 radical (unpaired) electrons. The average molecular weight is 414 g/mol. The van der Waals surface area contributed by atoms with Crippen molar-refractivity contribution in [2.24, 2.45) is 0 Å². The monoisotopic (exact) mass is 413 g/mol. The Morgan fingerprint density at radius 1 is 0.964 bits per heavy atom. The van der Waals surface area contributed by atoms with Crippen LogP contribution < -0.4 is 4.74 Å². The molecular weight excluding hydrogens is 390 g/mol. The Morgan fingerprint density at radius 2 is 1.61 bits per heavy atom. The number of hydrogen-bond acceptors (Lipinski definition) is 5. The highest BCUT2D eigenvalue weighted by Crippen LogP contribution is 2.34. The number of aromatic nitrogens is 1. The minimum Gasteiger partial charge on any atom is -0.497 e. The summed E-state index contributed by atoms with van der Waals surface area (Å²) in [5.41, 5.74) is 3.61. The third-order valence-corrected chi connectivity index (χ3v) is 7.51. The zero-order valence-corrected chi connectivity index (χ0v) is 18.0. The quantitative estimate of drug-likeness (QED) is 0.524. The first kappa shape index (κ1) is 20.4. The van der Waals surface area contributed by atoms with Crippen molar-refractivity contribution >= 4 is 21.6 Å². The largest absolute Gasteiger partial charge is 0.497 e. The van der Waals surface area contributed by atoms with Gasteiger partial charge in [0.1, 0.15) is 15.7 Å². The fourth-order valence-electron chi connectivity index (χ4n) is 2.92. The summed E-state index contributed by atoms with van der Waals surface area (Å²) >= 11 is 1.44. The van der Waals surface area contributed by atoms with E-state index < -0.39 is 9.84 Å². The number of aryl methyl sites for hydroxylation is 3. The molecule has 0 N–H and O–H groups in total. The van der Waals surface area contributed by atoms with E-state index >= 15 is 0 Å². The van der Waals surface area contributed by atoms with E-state index in [0.29, 0.717) is 21.2 Å². The maximum absolute atomic E-state index is 13.3. The molecule has 3 rings (SSSR count). The number of rotatable bonds is 6. The van der Waals surface area contributed by atoms with Crippen LogP contribution in [-0.4, -0.2) is 20.5 Å². The fourth-order valence-corrected chi connectivity index (χ4v) is 5.91. The molecule has 0 aliphatic heterocycles. The smallest absolute Gasteiger partial charge is 0.209 e. The number of sulfone groups is 1. The molecule has 146 valence electrons. The van der Waals surface area contributed by atoms with Crippen molar-refractivity contribution in [3.63, 3.8) is 0 Å². The van der Waals surface area contributed by atoms with Crippen LogP contribution >= 0.6 is 11.8 Å². The number of thioether (sulfide) groups is 1. The molecule has 0 saturated heterocycles. The van der Waals surface area contributed by atoms with Crippen LogP contribution in [0.5, 0.6) is 5.75 Å². The van der Waals surface area contributed by atoms with E-state index in [1.54, 1.807) is 19.2 Å². The van der Waals surface area contributed by atoms with Gasteiger partial charge < -0.3 is 4.74 Å². The molecule has 0 aliphatic rings. The van der Waals surface area contributed by atoms with E-state index in [9.17, 15) is 8.42 Å². The number of methoxy groups -OCH3 is 1. The lowest BCUT2D eigenvalue weighted by atomic mass is 10.2. The minimum atomic E-state index is -3.65. The highest BCUT2D eigenvalue weighted by molar-refractivity contribution is 7.99. The summed E-state index contributed by atoms with van der Waals surface area (Å²) in [7, 11) is -2.02. The molecule has 1 heterocycles. The Hall–Kier alpha value is -2.31. The summed E-state index contributed by atoms with van der Waals surface area (Å²) in [5, 5.41) is 0.536. The van der Waals surface area contributed by atoms with E-state index in [2.05, 4.69) is 4.98 Å². The van der Waals surface area contributed by atoms with Gasteiger partial charge in [-0.3, -0.25) is 0 Å². The number of pyridine rings is 1. The first-order valence-electron chi connectivity index (χ1n) is 8.87. The van der Waals surface area contributed by atoms with Crippen molar-refractivity contribution in [3.05, 3.63) is 77.0 Å². The third-order valence-electron chi connectivity index (χ3n) is 4.39. The molecule has 0 atom stereocenters. The molecule has 3 aromatic rings. The molecule has 4 nitrogen and oxygen atoms in total. The van der Waals surface area contributed by atoms with E-state index in [4.69, 9.17) is 4.74 Å². The lowest BCUT2D eigenvalue weighted by Gasteiger charge is -2.14. The minimum absolute atomic E-state index is 0.290. The van der Waals surface area contributed by atoms with Gasteiger partial charge in [0.2, 0.25) is 9.84 Å². The van der Waals surface area contributed by atoms with Crippen molar-refractivity contribution < 1.29 is 13.2 Å². The predicted octanol–water partition coefficient (Wildman–Crippen LogP) is 5.14. The van der Waals surface area contributed by atoms with Crippen molar-refractivity contribution in [1.82, 2.24) is 4.98 Å². The standard InChI is InChI=1S/C22H23NO3S2/c1-15-5-11-20(12-6-15)28(24,25)21-16(2)13-17(3)23-22(21)27-14-18-7-9-19(26-4)10-8-18/h5-13H,14H2,1-4H3. The zero-order chi connectivity index (χ0) is 20.3. The zero-order valence-electron chi connectivity index (χ0n) is 16.4. The van der Waals surface area contributed by atoms with Gasteiger partial charge in [0, 0.05) is 11.4 Å². The second-order valence-electron chi connectivity index (χ2n) is 6.67. The number of hydrogen-bond donors (Lipinski definition) is 0. The van der Waals surface area contributed by atoms with Crippen molar-refractivity contribution in [2.45, 2.75) is 41.3 Å². The third kappa shape index (κ3) is 4.39. The molecule has 0 saturated carbocycles. The summed E-state index contributed by atoms with van der Waals surface area (Å²) in [6.07, 6.45) is 0. The molecule has 0 amide bonds. The molecular formula is C22H23NO3S2. The Labute approximate surface area is 170 Å². The summed E-state index contributed by atoms with van der Waals surface area (Å²) in [4.78, 5) is 5.13. The molecule has 0 fully saturated rings. The summed E-state index contributed by atoms with van der Waals surface area (Å²) < 4.78 is 31.8. The second kappa shape index (κ2) is 8.37. The van der Waals surface area contributed by atoms with Gasteiger partial charge in [0.05, 0.1) is 12.0 Å². The SMILES string of the molecule is COc1ccc(CSc2nc(C)cc(C)c2S(=O)(=O)c2ccc(C)cc2)cc1. The van der Waals surface area contributed by atoms with Gasteiger partial charge in [-0.05, 0) is 62.2 Å². The summed E-state index contributed by atoms with van der Waals surface area (Å²) in [5.74, 6) is 1.41. The highest BCUT2D eigenvalue weighted by atomic mass is 32.2. The number of nitrogens with zero attached hydrogens (tertiary/aromatic N) is 1. The molecule has 0 aliphatic carbocycles. The van der Waals surface area contributed by atoms with Crippen molar-refractivity contribution in [2.75, 3.05) is 7.11 Å². The molecule has 0 bridgehead atoms. The molecule has 0 unspecified atom stereocenters. The topological polar surface area (TPSA) is 56.3 Å². The Morgan fingerprint density at radius 3 is 2.21 bits per heavy atom. The van der Waals surface area contributed by atoms with Gasteiger partial charge >= 0.3 is 0 Å². The van der Waals surface area contributed by atoms with Crippen LogP contribution in [0.1, 0.15) is 22.4 Å². The average Bonchev–Trinajstić information content (AvgIpc) is 2.66. The van der Waals surface area contributed by atoms with Crippen molar-refractivity contribution in [3.8, 4) is 5.75 Å². The van der Waals surface area contributed by atoms with Crippen LogP contribution in [0, 0.1) is 20.8 Å². The first-order valence-corrected chi connectivity index (χ1v) is 11.3. The van der Waals surface area contributed by atoms with E-state index in [1.165, 1.54) is 11.8 Å².